The van der Waals surface area contributed by atoms with Gasteiger partial charge in [-0.3, -0.25) is 0 Å². The van der Waals surface area contributed by atoms with Crippen molar-refractivity contribution in [2.75, 3.05) is 6.54 Å². The first-order valence-electron chi connectivity index (χ1n) is 4.90. The lowest BCUT2D eigenvalue weighted by Gasteiger charge is -1.99. The Morgan fingerprint density at radius 1 is 1.53 bits per heavy atom. The minimum Gasteiger partial charge on any atom is -0.346 e. The Labute approximate surface area is 87.9 Å². The van der Waals surface area contributed by atoms with Crippen LogP contribution >= 0.6 is 0 Å². The minimum atomic E-state index is 0.542. The first kappa shape index (κ1) is 9.69. The number of aromatic amines is 1. The molecule has 0 amide bonds. The van der Waals surface area contributed by atoms with E-state index in [-0.39, 0.29) is 0 Å². The molecule has 4 nitrogen and oxygen atoms in total. The third-order valence-electron chi connectivity index (χ3n) is 2.27. The highest BCUT2D eigenvalue weighted by molar-refractivity contribution is 5.79. The van der Waals surface area contributed by atoms with Crippen LogP contribution in [-0.4, -0.2) is 16.5 Å². The Morgan fingerprint density at radius 3 is 3.33 bits per heavy atom. The Balaban J connectivity index is 2.05. The molecule has 76 valence electrons. The van der Waals surface area contributed by atoms with E-state index in [4.69, 9.17) is 5.26 Å². The van der Waals surface area contributed by atoms with Gasteiger partial charge in [-0.1, -0.05) is 0 Å². The zero-order chi connectivity index (χ0) is 10.5. The lowest BCUT2D eigenvalue weighted by Crippen LogP contribution is -2.13. The number of fused-ring (bicyclic) bond motifs is 1. The Hall–Kier alpha value is -1.86. The molecule has 0 bridgehead atoms. The van der Waals surface area contributed by atoms with E-state index >= 15 is 0 Å². The maximum Gasteiger partial charge on any atom is 0.137 e. The topological polar surface area (TPSA) is 64.5 Å². The summed E-state index contributed by atoms with van der Waals surface area (Å²) in [6.45, 7) is 1.50. The predicted octanol–water partition coefficient (Wildman–Crippen LogP) is 1.57. The summed E-state index contributed by atoms with van der Waals surface area (Å²) in [7, 11) is 0. The number of nitrogens with zero attached hydrogens (tertiary/aromatic N) is 2. The molecule has 2 aromatic heterocycles. The minimum absolute atomic E-state index is 0.542. The standard InChI is InChI=1S/C11H12N4/c12-4-2-5-13-7-9-8-15-11-10(9)3-1-6-14-11/h1,3,6,8,13H,2,5,7H2,(H,14,15). The molecule has 0 saturated heterocycles. The molecule has 0 aromatic carbocycles. The second kappa shape index (κ2) is 4.58. The second-order valence-electron chi connectivity index (χ2n) is 3.30. The van der Waals surface area contributed by atoms with Crippen LogP contribution in [0.1, 0.15) is 12.0 Å². The molecule has 0 radical (unpaired) electrons. The third-order valence-corrected chi connectivity index (χ3v) is 2.27. The van der Waals surface area contributed by atoms with E-state index in [1.807, 2.05) is 18.3 Å². The number of pyridine rings is 1. The smallest absolute Gasteiger partial charge is 0.137 e. The highest BCUT2D eigenvalue weighted by Gasteiger charge is 2.02. The lowest BCUT2D eigenvalue weighted by molar-refractivity contribution is 0.702. The number of aromatic nitrogens is 2. The van der Waals surface area contributed by atoms with E-state index in [0.717, 1.165) is 24.1 Å². The molecule has 4 heteroatoms. The van der Waals surface area contributed by atoms with Gasteiger partial charge in [0.2, 0.25) is 0 Å². The highest BCUT2D eigenvalue weighted by Crippen LogP contribution is 2.14. The zero-order valence-corrected chi connectivity index (χ0v) is 8.33. The fraction of sp³-hybridized carbons (Fsp3) is 0.273. The van der Waals surface area contributed by atoms with Crippen LogP contribution in [0, 0.1) is 11.3 Å². The van der Waals surface area contributed by atoms with Gasteiger partial charge in [0, 0.05) is 37.3 Å². The van der Waals surface area contributed by atoms with Crippen LogP contribution in [0.15, 0.2) is 24.5 Å². The van der Waals surface area contributed by atoms with Gasteiger partial charge in [0.1, 0.15) is 5.65 Å². The summed E-state index contributed by atoms with van der Waals surface area (Å²) < 4.78 is 0. The summed E-state index contributed by atoms with van der Waals surface area (Å²) in [4.78, 5) is 7.32. The first-order chi connectivity index (χ1) is 7.42. The van der Waals surface area contributed by atoms with Gasteiger partial charge >= 0.3 is 0 Å². The predicted molar refractivity (Wildman–Crippen MR) is 58.0 cm³/mol. The molecule has 0 spiro atoms. The van der Waals surface area contributed by atoms with E-state index < -0.39 is 0 Å². The van der Waals surface area contributed by atoms with Crippen LogP contribution in [0.5, 0.6) is 0 Å². The summed E-state index contributed by atoms with van der Waals surface area (Å²) >= 11 is 0. The zero-order valence-electron chi connectivity index (χ0n) is 8.33. The monoisotopic (exact) mass is 200 g/mol. The molecule has 0 atom stereocenters. The van der Waals surface area contributed by atoms with Gasteiger partial charge in [-0.05, 0) is 17.7 Å². The van der Waals surface area contributed by atoms with Gasteiger partial charge in [-0.15, -0.1) is 0 Å². The molecule has 0 aliphatic carbocycles. The largest absolute Gasteiger partial charge is 0.346 e. The van der Waals surface area contributed by atoms with Gasteiger partial charge in [0.25, 0.3) is 0 Å². The van der Waals surface area contributed by atoms with Crippen LogP contribution in [0.25, 0.3) is 11.0 Å². The van der Waals surface area contributed by atoms with Crippen molar-refractivity contribution in [2.45, 2.75) is 13.0 Å². The fourth-order valence-electron chi connectivity index (χ4n) is 1.53. The van der Waals surface area contributed by atoms with Crippen LogP contribution in [0.2, 0.25) is 0 Å². The molecular weight excluding hydrogens is 188 g/mol. The molecule has 0 saturated carbocycles. The quantitative estimate of drug-likeness (QED) is 0.736. The van der Waals surface area contributed by atoms with Gasteiger partial charge in [-0.25, -0.2) is 4.98 Å². The number of nitriles is 1. The molecule has 0 aliphatic rings. The van der Waals surface area contributed by atoms with Crippen molar-refractivity contribution in [3.05, 3.63) is 30.1 Å². The van der Waals surface area contributed by atoms with E-state index in [9.17, 15) is 0 Å². The molecule has 2 heterocycles. The molecule has 0 unspecified atom stereocenters. The van der Waals surface area contributed by atoms with Crippen molar-refractivity contribution in [3.8, 4) is 6.07 Å². The van der Waals surface area contributed by atoms with E-state index in [0.29, 0.717) is 6.42 Å². The fourth-order valence-corrected chi connectivity index (χ4v) is 1.53. The van der Waals surface area contributed by atoms with Gasteiger partial charge in [0.05, 0.1) is 6.07 Å². The van der Waals surface area contributed by atoms with Gasteiger partial charge < -0.3 is 10.3 Å². The normalized spacial score (nSPS) is 10.3. The molecule has 2 rings (SSSR count). The van der Waals surface area contributed by atoms with Crippen LogP contribution < -0.4 is 5.32 Å². The number of rotatable bonds is 4. The Bertz CT molecular complexity index is 481. The van der Waals surface area contributed by atoms with Crippen LogP contribution in [-0.2, 0) is 6.54 Å². The van der Waals surface area contributed by atoms with Gasteiger partial charge in [-0.2, -0.15) is 5.26 Å². The van der Waals surface area contributed by atoms with Crippen molar-refractivity contribution in [3.63, 3.8) is 0 Å². The number of hydrogen-bond acceptors (Lipinski definition) is 3. The molecule has 0 fully saturated rings. The second-order valence-corrected chi connectivity index (χ2v) is 3.30. The summed E-state index contributed by atoms with van der Waals surface area (Å²) in [5.74, 6) is 0. The summed E-state index contributed by atoms with van der Waals surface area (Å²) in [5.41, 5.74) is 2.10. The number of nitrogens with one attached hydrogen (secondary N) is 2. The Kier molecular flexibility index (Phi) is 2.96. The van der Waals surface area contributed by atoms with Crippen LogP contribution in [0.4, 0.5) is 0 Å². The van der Waals surface area contributed by atoms with Crippen LogP contribution in [0.3, 0.4) is 0 Å². The van der Waals surface area contributed by atoms with Gasteiger partial charge in [0.15, 0.2) is 0 Å². The Morgan fingerprint density at radius 2 is 2.47 bits per heavy atom. The SMILES string of the molecule is N#CCCNCc1c[nH]c2ncccc12. The summed E-state index contributed by atoms with van der Waals surface area (Å²) in [5, 5.41) is 12.7. The van der Waals surface area contributed by atoms with Crippen molar-refractivity contribution in [2.24, 2.45) is 0 Å². The maximum atomic E-state index is 8.39. The summed E-state index contributed by atoms with van der Waals surface area (Å²) in [6, 6.07) is 6.07. The average molecular weight is 200 g/mol. The molecule has 2 N–H and O–H groups in total. The highest BCUT2D eigenvalue weighted by atomic mass is 14.9. The van der Waals surface area contributed by atoms with Crippen molar-refractivity contribution in [1.82, 2.24) is 15.3 Å². The van der Waals surface area contributed by atoms with Crippen molar-refractivity contribution in [1.29, 1.82) is 5.26 Å². The molecule has 0 aliphatic heterocycles. The average Bonchev–Trinajstić information content (AvgIpc) is 2.68. The van der Waals surface area contributed by atoms with E-state index in [1.54, 1.807) is 6.20 Å². The molecule has 15 heavy (non-hydrogen) atoms. The lowest BCUT2D eigenvalue weighted by atomic mass is 10.2. The molecule has 2 aromatic rings. The number of H-pyrrole nitrogens is 1. The summed E-state index contributed by atoms with van der Waals surface area (Å²) in [6.07, 6.45) is 4.27. The van der Waals surface area contributed by atoms with E-state index in [1.165, 1.54) is 5.56 Å². The maximum absolute atomic E-state index is 8.39. The number of hydrogen-bond donors (Lipinski definition) is 2. The third kappa shape index (κ3) is 2.14. The van der Waals surface area contributed by atoms with Crippen molar-refractivity contribution < 1.29 is 0 Å². The van der Waals surface area contributed by atoms with Crippen molar-refractivity contribution >= 4 is 11.0 Å². The molecular formula is C11H12N4. The van der Waals surface area contributed by atoms with E-state index in [2.05, 4.69) is 21.4 Å². The first-order valence-corrected chi connectivity index (χ1v) is 4.90.